The number of aryl methyl sites for hydroxylation is 2. The Bertz CT molecular complexity index is 3160. The molecule has 0 bridgehead atoms. The Morgan fingerprint density at radius 3 is 1.67 bits per heavy atom. The van der Waals surface area contributed by atoms with Gasteiger partial charge in [0.05, 0.1) is 33.8 Å². The average molecular weight is 803 g/mol. The number of pyridine rings is 1. The first kappa shape index (κ1) is 36.6. The van der Waals surface area contributed by atoms with Crippen LogP contribution in [0.3, 0.4) is 0 Å². The van der Waals surface area contributed by atoms with Gasteiger partial charge in [0.25, 0.3) is 0 Å². The van der Waals surface area contributed by atoms with E-state index in [-0.39, 0.29) is 0 Å². The minimum Gasteiger partial charge on any atom is -0.294 e. The molecule has 8 aromatic carbocycles. The summed E-state index contributed by atoms with van der Waals surface area (Å²) in [5, 5.41) is 11.4. The second-order valence-corrected chi connectivity index (χ2v) is 19.6. The highest BCUT2D eigenvalue weighted by Gasteiger charge is 2.42. The number of para-hydroxylation sites is 4. The number of anilines is 4. The van der Waals surface area contributed by atoms with Crippen LogP contribution < -0.4 is 30.9 Å². The molecule has 0 saturated carbocycles. The third kappa shape index (κ3) is 5.99. The molecule has 61 heavy (non-hydrogen) atoms. The Morgan fingerprint density at radius 2 is 0.967 bits per heavy atom. The van der Waals surface area contributed by atoms with Crippen LogP contribution in [0.1, 0.15) is 11.1 Å². The van der Waals surface area contributed by atoms with Crippen LogP contribution >= 0.6 is 0 Å². The van der Waals surface area contributed by atoms with Crippen molar-refractivity contribution in [3.63, 3.8) is 0 Å². The zero-order chi connectivity index (χ0) is 40.9. The summed E-state index contributed by atoms with van der Waals surface area (Å²) in [6, 6.07) is 76.7. The maximum Gasteiger partial charge on any atom is 0.179 e. The average Bonchev–Trinajstić information content (AvgIpc) is 3.87. The van der Waals surface area contributed by atoms with Gasteiger partial charge in [0.15, 0.2) is 8.07 Å². The van der Waals surface area contributed by atoms with Gasteiger partial charge in [0.2, 0.25) is 0 Å². The zero-order valence-electron chi connectivity index (χ0n) is 34.0. The van der Waals surface area contributed by atoms with Gasteiger partial charge in [0.1, 0.15) is 5.82 Å². The van der Waals surface area contributed by atoms with Crippen molar-refractivity contribution in [3.8, 4) is 16.9 Å². The fourth-order valence-electron chi connectivity index (χ4n) is 9.57. The molecule has 11 rings (SSSR count). The fraction of sp³-hybridized carbons (Fsp3) is 0.0364. The lowest BCUT2D eigenvalue weighted by molar-refractivity contribution is 0.156. The summed E-state index contributed by atoms with van der Waals surface area (Å²) >= 11 is 0. The van der Waals surface area contributed by atoms with E-state index in [9.17, 15) is 0 Å². The van der Waals surface area contributed by atoms with E-state index in [1.807, 2.05) is 34.5 Å². The Morgan fingerprint density at radius 1 is 0.426 bits per heavy atom. The first-order chi connectivity index (χ1) is 30.1. The summed E-state index contributed by atoms with van der Waals surface area (Å²) in [5.74, 6) is 0.894. The molecule has 0 N–H and O–H groups in total. The van der Waals surface area contributed by atoms with Crippen molar-refractivity contribution in [1.82, 2.24) is 9.55 Å². The molecule has 5 nitrogen and oxygen atoms in total. The third-order valence-electron chi connectivity index (χ3n) is 12.3. The molecule has 292 valence electrons. The first-order valence-electron chi connectivity index (χ1n) is 20.8. The standard InChI is InChI=1S/C55H42N4OSi/c1-39-18-16-19-40(2)55(39)41-34-35-56-54(36-41)57-50-29-13-12-28-48(50)49-33-32-47(38-53(49)57)61(44-23-8-4-9-24-44,45-25-10-5-11-26-45)46-27-17-22-43(37-46)59-52-31-15-14-30-51(52)58(60-59)42-20-6-3-7-21-42/h3-38H,1-2H3. The van der Waals surface area contributed by atoms with Crippen LogP contribution in [0.4, 0.5) is 22.7 Å². The van der Waals surface area contributed by atoms with Crippen LogP contribution in [-0.4, -0.2) is 17.6 Å². The number of hydrogen-bond donors (Lipinski definition) is 0. The monoisotopic (exact) mass is 802 g/mol. The van der Waals surface area contributed by atoms with Crippen molar-refractivity contribution in [2.24, 2.45) is 0 Å². The van der Waals surface area contributed by atoms with E-state index < -0.39 is 8.07 Å². The van der Waals surface area contributed by atoms with Crippen molar-refractivity contribution in [2.45, 2.75) is 13.8 Å². The van der Waals surface area contributed by atoms with E-state index in [0.717, 1.165) is 45.2 Å². The molecule has 3 heterocycles. The molecule has 0 radical (unpaired) electrons. The van der Waals surface area contributed by atoms with Gasteiger partial charge in [-0.05, 0) is 118 Å². The topological polar surface area (TPSA) is 33.5 Å². The summed E-state index contributed by atoms with van der Waals surface area (Å²) < 4.78 is 2.37. The number of benzene rings is 8. The van der Waals surface area contributed by atoms with Crippen LogP contribution in [0.15, 0.2) is 219 Å². The second-order valence-electron chi connectivity index (χ2n) is 15.8. The number of rotatable bonds is 8. The van der Waals surface area contributed by atoms with Crippen LogP contribution in [0.5, 0.6) is 0 Å². The molecule has 10 aromatic rings. The maximum atomic E-state index is 6.77. The molecule has 0 unspecified atom stereocenters. The molecule has 2 aromatic heterocycles. The van der Waals surface area contributed by atoms with Gasteiger partial charge < -0.3 is 0 Å². The van der Waals surface area contributed by atoms with Crippen molar-refractivity contribution in [3.05, 3.63) is 230 Å². The molecular weight excluding hydrogens is 761 g/mol. The first-order valence-corrected chi connectivity index (χ1v) is 22.8. The van der Waals surface area contributed by atoms with Crippen LogP contribution in [0, 0.1) is 13.8 Å². The Labute approximate surface area is 356 Å². The predicted molar refractivity (Wildman–Crippen MR) is 255 cm³/mol. The predicted octanol–water partition coefficient (Wildman–Crippen LogP) is 11.0. The molecular formula is C55H42N4OSi. The van der Waals surface area contributed by atoms with E-state index >= 15 is 0 Å². The minimum atomic E-state index is -3.05. The van der Waals surface area contributed by atoms with Gasteiger partial charge in [-0.25, -0.2) is 4.98 Å². The van der Waals surface area contributed by atoms with Crippen molar-refractivity contribution in [1.29, 1.82) is 0 Å². The van der Waals surface area contributed by atoms with Gasteiger partial charge in [-0.3, -0.25) is 4.57 Å². The van der Waals surface area contributed by atoms with E-state index in [1.165, 1.54) is 48.2 Å². The molecule has 0 spiro atoms. The Balaban J connectivity index is 1.15. The minimum absolute atomic E-state index is 0.894. The van der Waals surface area contributed by atoms with Crippen LogP contribution in [-0.2, 0) is 4.94 Å². The number of aromatic nitrogens is 2. The molecule has 1 aliphatic heterocycles. The Kier molecular flexibility index (Phi) is 8.96. The van der Waals surface area contributed by atoms with Crippen LogP contribution in [0.25, 0.3) is 38.8 Å². The maximum absolute atomic E-state index is 6.77. The van der Waals surface area contributed by atoms with Gasteiger partial charge in [0, 0.05) is 17.0 Å². The largest absolute Gasteiger partial charge is 0.294 e. The van der Waals surface area contributed by atoms with E-state index in [1.54, 1.807) is 0 Å². The number of hydrogen-bond acceptors (Lipinski definition) is 4. The molecule has 6 heteroatoms. The van der Waals surface area contributed by atoms with Crippen LogP contribution in [0.2, 0.25) is 0 Å². The highest BCUT2D eigenvalue weighted by Crippen LogP contribution is 2.45. The van der Waals surface area contributed by atoms with Gasteiger partial charge in [-0.1, -0.05) is 152 Å². The van der Waals surface area contributed by atoms with Crippen molar-refractivity contribution in [2.75, 3.05) is 10.1 Å². The highest BCUT2D eigenvalue weighted by atomic mass is 28.3. The molecule has 0 aliphatic carbocycles. The lowest BCUT2D eigenvalue weighted by Gasteiger charge is -2.35. The van der Waals surface area contributed by atoms with Gasteiger partial charge >= 0.3 is 0 Å². The summed E-state index contributed by atoms with van der Waals surface area (Å²) in [6.07, 6.45) is 1.96. The zero-order valence-corrected chi connectivity index (χ0v) is 35.0. The van der Waals surface area contributed by atoms with Gasteiger partial charge in [-0.15, -0.1) is 4.94 Å². The highest BCUT2D eigenvalue weighted by molar-refractivity contribution is 7.20. The fourth-order valence-corrected chi connectivity index (χ4v) is 14.4. The molecule has 0 saturated heterocycles. The quantitative estimate of drug-likeness (QED) is 0.113. The number of nitrogens with zero attached hydrogens (tertiary/aromatic N) is 4. The SMILES string of the molecule is Cc1cccc(C)c1-c1ccnc(-n2c3ccccc3c3ccc([Si](c4ccccc4)(c4ccccc4)c4cccc(N5ON(c6ccccc6)c6ccccc65)c4)cc32)c1. The molecule has 1 aliphatic rings. The number of fused-ring (bicyclic) bond motifs is 4. The van der Waals surface area contributed by atoms with Crippen molar-refractivity contribution >= 4 is 73.4 Å². The molecule has 0 fully saturated rings. The summed E-state index contributed by atoms with van der Waals surface area (Å²) in [6.45, 7) is 4.38. The normalized spacial score (nSPS) is 12.6. The van der Waals surface area contributed by atoms with Gasteiger partial charge in [-0.2, -0.15) is 10.1 Å². The Hall–Kier alpha value is -7.51. The summed E-state index contributed by atoms with van der Waals surface area (Å²) in [4.78, 5) is 11.9. The molecule has 0 atom stereocenters. The van der Waals surface area contributed by atoms with E-state index in [4.69, 9.17) is 9.92 Å². The lowest BCUT2D eigenvalue weighted by atomic mass is 9.96. The van der Waals surface area contributed by atoms with E-state index in [2.05, 4.69) is 213 Å². The van der Waals surface area contributed by atoms with E-state index in [0.29, 0.717) is 0 Å². The summed E-state index contributed by atoms with van der Waals surface area (Å²) in [7, 11) is -3.05. The third-order valence-corrected chi connectivity index (χ3v) is 17.0. The summed E-state index contributed by atoms with van der Waals surface area (Å²) in [5.41, 5.74) is 11.1. The van der Waals surface area contributed by atoms with Crippen molar-refractivity contribution < 1.29 is 4.94 Å². The second kappa shape index (κ2) is 14.9. The smallest absolute Gasteiger partial charge is 0.179 e. The molecule has 0 amide bonds. The lowest BCUT2D eigenvalue weighted by Crippen LogP contribution is -2.74.